The van der Waals surface area contributed by atoms with Crippen LogP contribution >= 0.6 is 15.9 Å². The second-order valence-corrected chi connectivity index (χ2v) is 4.78. The van der Waals surface area contributed by atoms with Crippen molar-refractivity contribution in [1.82, 2.24) is 5.32 Å². The molecule has 1 unspecified atom stereocenters. The normalized spacial score (nSPS) is 13.2. The number of rotatable bonds is 3. The lowest BCUT2D eigenvalue weighted by Crippen LogP contribution is -2.35. The number of nitrogens with two attached hydrogens (primary N) is 1. The molecular weight excluding hydrogens is 313 g/mol. The van der Waals surface area contributed by atoms with Crippen molar-refractivity contribution >= 4 is 27.5 Å². The van der Waals surface area contributed by atoms with Gasteiger partial charge in [0.1, 0.15) is 0 Å². The van der Waals surface area contributed by atoms with Crippen LogP contribution in [0.3, 0.4) is 0 Å². The van der Waals surface area contributed by atoms with Gasteiger partial charge < -0.3 is 11.1 Å². The Labute approximate surface area is 111 Å². The number of hydrogen-bond acceptors (Lipinski definition) is 2. The number of alkyl halides is 3. The third-order valence-electron chi connectivity index (χ3n) is 2.18. The summed E-state index contributed by atoms with van der Waals surface area (Å²) < 4.78 is 36.8. The van der Waals surface area contributed by atoms with Crippen LogP contribution in [-0.2, 0) is 0 Å². The summed E-state index contributed by atoms with van der Waals surface area (Å²) in [5, 5.41) is 2.28. The van der Waals surface area contributed by atoms with Crippen molar-refractivity contribution < 1.29 is 18.0 Å². The molecule has 3 N–H and O–H groups in total. The molecule has 1 aromatic carbocycles. The van der Waals surface area contributed by atoms with Crippen LogP contribution in [0.15, 0.2) is 22.7 Å². The molecule has 0 fully saturated rings. The lowest BCUT2D eigenvalue weighted by Gasteiger charge is -2.16. The fourth-order valence-corrected chi connectivity index (χ4v) is 1.75. The monoisotopic (exact) mass is 324 g/mol. The smallest absolute Gasteiger partial charge is 0.391 e. The van der Waals surface area contributed by atoms with E-state index >= 15 is 0 Å². The number of nitrogens with one attached hydrogen (secondary N) is 1. The Morgan fingerprint density at radius 3 is 2.61 bits per heavy atom. The Hall–Kier alpha value is -1.24. The van der Waals surface area contributed by atoms with Crippen molar-refractivity contribution in [3.63, 3.8) is 0 Å². The summed E-state index contributed by atoms with van der Waals surface area (Å²) in [5.74, 6) is -0.563. The van der Waals surface area contributed by atoms with Gasteiger partial charge in [0, 0.05) is 21.8 Å². The SMILES string of the molecule is CC(CC(F)(F)F)NC(=O)c1ccc(N)c(Br)c1. The fraction of sp³-hybridized carbons (Fsp3) is 0.364. The highest BCUT2D eigenvalue weighted by Crippen LogP contribution is 2.22. The number of anilines is 1. The van der Waals surface area contributed by atoms with E-state index in [1.807, 2.05) is 0 Å². The predicted octanol–water partition coefficient (Wildman–Crippen LogP) is 3.10. The van der Waals surface area contributed by atoms with E-state index in [0.29, 0.717) is 10.2 Å². The second-order valence-electron chi connectivity index (χ2n) is 3.93. The number of amides is 1. The van der Waals surface area contributed by atoms with Crippen molar-refractivity contribution in [1.29, 1.82) is 0 Å². The van der Waals surface area contributed by atoms with Crippen LogP contribution in [-0.4, -0.2) is 18.1 Å². The van der Waals surface area contributed by atoms with Crippen LogP contribution in [0.25, 0.3) is 0 Å². The van der Waals surface area contributed by atoms with Crippen LogP contribution in [0, 0.1) is 0 Å². The van der Waals surface area contributed by atoms with Gasteiger partial charge in [-0.05, 0) is 41.1 Å². The molecule has 18 heavy (non-hydrogen) atoms. The van der Waals surface area contributed by atoms with Gasteiger partial charge in [0.05, 0.1) is 6.42 Å². The van der Waals surface area contributed by atoms with Gasteiger partial charge >= 0.3 is 6.18 Å². The van der Waals surface area contributed by atoms with Crippen LogP contribution in [0.5, 0.6) is 0 Å². The van der Waals surface area contributed by atoms with E-state index in [1.165, 1.54) is 25.1 Å². The van der Waals surface area contributed by atoms with E-state index in [1.54, 1.807) is 0 Å². The largest absolute Gasteiger partial charge is 0.398 e. The van der Waals surface area contributed by atoms with Gasteiger partial charge in [-0.1, -0.05) is 0 Å². The zero-order valence-corrected chi connectivity index (χ0v) is 11.1. The molecule has 1 aromatic rings. The van der Waals surface area contributed by atoms with Crippen LogP contribution in [0.2, 0.25) is 0 Å². The summed E-state index contributed by atoms with van der Waals surface area (Å²) in [6.45, 7) is 1.30. The summed E-state index contributed by atoms with van der Waals surface area (Å²) in [6, 6.07) is 3.45. The van der Waals surface area contributed by atoms with Gasteiger partial charge in [0.2, 0.25) is 0 Å². The Morgan fingerprint density at radius 1 is 1.50 bits per heavy atom. The van der Waals surface area contributed by atoms with Crippen molar-refractivity contribution in [2.75, 3.05) is 5.73 Å². The first-order chi connectivity index (χ1) is 8.19. The highest BCUT2D eigenvalue weighted by atomic mass is 79.9. The van der Waals surface area contributed by atoms with Gasteiger partial charge in [-0.25, -0.2) is 0 Å². The third kappa shape index (κ3) is 4.56. The summed E-state index contributed by atoms with van der Waals surface area (Å²) >= 11 is 3.14. The molecule has 7 heteroatoms. The average Bonchev–Trinajstić information content (AvgIpc) is 2.18. The van der Waals surface area contributed by atoms with E-state index in [-0.39, 0.29) is 5.56 Å². The number of hydrogen-bond donors (Lipinski definition) is 2. The van der Waals surface area contributed by atoms with Gasteiger partial charge in [-0.2, -0.15) is 13.2 Å². The molecule has 0 bridgehead atoms. The molecule has 0 aromatic heterocycles. The first kappa shape index (κ1) is 14.8. The van der Waals surface area contributed by atoms with Gasteiger partial charge in [0.25, 0.3) is 5.91 Å². The Balaban J connectivity index is 2.68. The van der Waals surface area contributed by atoms with E-state index in [0.717, 1.165) is 0 Å². The molecule has 0 aliphatic heterocycles. The maximum absolute atomic E-state index is 12.1. The van der Waals surface area contributed by atoms with Gasteiger partial charge in [-0.15, -0.1) is 0 Å². The number of nitrogen functional groups attached to an aromatic ring is 1. The highest BCUT2D eigenvalue weighted by Gasteiger charge is 2.30. The average molecular weight is 325 g/mol. The fourth-order valence-electron chi connectivity index (χ4n) is 1.37. The van der Waals surface area contributed by atoms with E-state index in [4.69, 9.17) is 5.73 Å². The number of halogens is 4. The minimum Gasteiger partial charge on any atom is -0.398 e. The molecule has 1 atom stereocenters. The molecule has 0 spiro atoms. The zero-order chi connectivity index (χ0) is 13.9. The van der Waals surface area contributed by atoms with E-state index < -0.39 is 24.5 Å². The maximum atomic E-state index is 12.1. The molecule has 0 heterocycles. The first-order valence-corrected chi connectivity index (χ1v) is 5.91. The third-order valence-corrected chi connectivity index (χ3v) is 2.86. The number of benzene rings is 1. The van der Waals surface area contributed by atoms with Crippen LogP contribution < -0.4 is 11.1 Å². The lowest BCUT2D eigenvalue weighted by molar-refractivity contribution is -0.138. The number of carbonyl (C=O) groups excluding carboxylic acids is 1. The van der Waals surface area contributed by atoms with Crippen molar-refractivity contribution in [3.05, 3.63) is 28.2 Å². The Kier molecular flexibility index (Phi) is 4.61. The predicted molar refractivity (Wildman–Crippen MR) is 66.2 cm³/mol. The number of carbonyl (C=O) groups is 1. The maximum Gasteiger partial charge on any atom is 0.391 e. The quantitative estimate of drug-likeness (QED) is 0.839. The molecule has 0 radical (unpaired) electrons. The molecule has 0 aliphatic carbocycles. The van der Waals surface area contributed by atoms with Crippen molar-refractivity contribution in [3.8, 4) is 0 Å². The molecule has 100 valence electrons. The Morgan fingerprint density at radius 2 is 2.11 bits per heavy atom. The highest BCUT2D eigenvalue weighted by molar-refractivity contribution is 9.10. The van der Waals surface area contributed by atoms with Gasteiger partial charge in [0.15, 0.2) is 0 Å². The topological polar surface area (TPSA) is 55.1 Å². The summed E-state index contributed by atoms with van der Waals surface area (Å²) in [5.41, 5.74) is 6.25. The summed E-state index contributed by atoms with van der Waals surface area (Å²) in [4.78, 5) is 11.7. The minimum absolute atomic E-state index is 0.255. The second kappa shape index (κ2) is 5.60. The first-order valence-electron chi connectivity index (χ1n) is 5.11. The zero-order valence-electron chi connectivity index (χ0n) is 9.51. The van der Waals surface area contributed by atoms with Crippen molar-refractivity contribution in [2.24, 2.45) is 0 Å². The molecule has 0 saturated carbocycles. The van der Waals surface area contributed by atoms with Gasteiger partial charge in [-0.3, -0.25) is 4.79 Å². The molecule has 1 rings (SSSR count). The minimum atomic E-state index is -4.30. The summed E-state index contributed by atoms with van der Waals surface area (Å²) in [6.07, 6.45) is -5.36. The van der Waals surface area contributed by atoms with E-state index in [2.05, 4.69) is 21.2 Å². The van der Waals surface area contributed by atoms with Crippen LogP contribution in [0.4, 0.5) is 18.9 Å². The molecule has 0 saturated heterocycles. The van der Waals surface area contributed by atoms with E-state index in [9.17, 15) is 18.0 Å². The lowest BCUT2D eigenvalue weighted by atomic mass is 10.1. The standard InChI is InChI=1S/C11H12BrF3N2O/c1-6(5-11(13,14)15)17-10(18)7-2-3-9(16)8(12)4-7/h2-4,6H,5,16H2,1H3,(H,17,18). The molecule has 1 amide bonds. The molecule has 3 nitrogen and oxygen atoms in total. The van der Waals surface area contributed by atoms with Crippen LogP contribution in [0.1, 0.15) is 23.7 Å². The summed E-state index contributed by atoms with van der Waals surface area (Å²) in [7, 11) is 0. The molecule has 0 aliphatic rings. The van der Waals surface area contributed by atoms with Crippen molar-refractivity contribution in [2.45, 2.75) is 25.6 Å². The molecular formula is C11H12BrF3N2O. The Bertz CT molecular complexity index is 448.